The van der Waals surface area contributed by atoms with Crippen LogP contribution in [0.3, 0.4) is 0 Å². The highest BCUT2D eigenvalue weighted by Crippen LogP contribution is 2.43. The number of halogens is 1. The Bertz CT molecular complexity index is 507. The number of carbonyl (C=O) groups is 1. The Kier molecular flexibility index (Phi) is 5.12. The first-order chi connectivity index (χ1) is 9.94. The van der Waals surface area contributed by atoms with Gasteiger partial charge < -0.3 is 15.8 Å². The van der Waals surface area contributed by atoms with Crippen LogP contribution in [-0.2, 0) is 4.79 Å². The van der Waals surface area contributed by atoms with Crippen LogP contribution in [0, 0.1) is 5.41 Å². The Morgan fingerprint density at radius 3 is 2.67 bits per heavy atom. The van der Waals surface area contributed by atoms with Crippen LogP contribution in [-0.4, -0.2) is 18.6 Å². The van der Waals surface area contributed by atoms with Gasteiger partial charge in [0.1, 0.15) is 5.75 Å². The van der Waals surface area contributed by atoms with E-state index in [1.54, 1.807) is 18.2 Å². The number of benzene rings is 1. The van der Waals surface area contributed by atoms with E-state index in [1.807, 2.05) is 13.8 Å². The summed E-state index contributed by atoms with van der Waals surface area (Å²) in [4.78, 5) is 12.1. The number of nitrogens with one attached hydrogen (secondary N) is 1. The fourth-order valence-electron chi connectivity index (χ4n) is 2.60. The summed E-state index contributed by atoms with van der Waals surface area (Å²) in [6, 6.07) is 5.30. The molecule has 1 aliphatic carbocycles. The van der Waals surface area contributed by atoms with E-state index in [0.717, 1.165) is 19.3 Å². The Balaban J connectivity index is 1.96. The third-order valence-corrected chi connectivity index (χ3v) is 4.26. The monoisotopic (exact) mass is 310 g/mol. The molecule has 0 saturated heterocycles. The number of amides is 1. The minimum absolute atomic E-state index is 0.00579. The predicted molar refractivity (Wildman–Crippen MR) is 85.8 cm³/mol. The zero-order valence-corrected chi connectivity index (χ0v) is 13.4. The molecule has 0 spiro atoms. The molecular formula is C16H23ClN2O2. The highest BCUT2D eigenvalue weighted by atomic mass is 35.5. The standard InChI is InChI=1S/C16H23ClN2O2/c1-11(2)21-14-5-4-12(8-13(14)17)19-15(20)9-16(10-18)6-3-7-16/h4-5,8,11H,3,6-7,9-10,18H2,1-2H3,(H,19,20). The molecule has 0 atom stereocenters. The van der Waals surface area contributed by atoms with Gasteiger partial charge in [0, 0.05) is 12.1 Å². The van der Waals surface area contributed by atoms with Gasteiger partial charge in [0.05, 0.1) is 11.1 Å². The summed E-state index contributed by atoms with van der Waals surface area (Å²) < 4.78 is 5.57. The zero-order chi connectivity index (χ0) is 15.5. The highest BCUT2D eigenvalue weighted by molar-refractivity contribution is 6.32. The number of rotatable bonds is 6. The van der Waals surface area contributed by atoms with Crippen molar-refractivity contribution in [2.75, 3.05) is 11.9 Å². The molecule has 5 heteroatoms. The van der Waals surface area contributed by atoms with Crippen molar-refractivity contribution in [3.05, 3.63) is 23.2 Å². The molecule has 1 amide bonds. The predicted octanol–water partition coefficient (Wildman–Crippen LogP) is 3.58. The van der Waals surface area contributed by atoms with Gasteiger partial charge in [0.25, 0.3) is 0 Å². The topological polar surface area (TPSA) is 64.3 Å². The number of carbonyl (C=O) groups excluding carboxylic acids is 1. The minimum atomic E-state index is -0.00579. The van der Waals surface area contributed by atoms with Crippen molar-refractivity contribution in [2.24, 2.45) is 11.1 Å². The maximum atomic E-state index is 12.1. The Labute approximate surface area is 131 Å². The normalized spacial score (nSPS) is 16.4. The summed E-state index contributed by atoms with van der Waals surface area (Å²) in [5, 5.41) is 3.39. The molecule has 0 bridgehead atoms. The zero-order valence-electron chi connectivity index (χ0n) is 12.6. The summed E-state index contributed by atoms with van der Waals surface area (Å²) in [5.74, 6) is 0.621. The van der Waals surface area contributed by atoms with Crippen molar-refractivity contribution in [3.63, 3.8) is 0 Å². The number of nitrogens with two attached hydrogens (primary N) is 1. The molecule has 1 aromatic carbocycles. The highest BCUT2D eigenvalue weighted by Gasteiger charge is 2.37. The van der Waals surface area contributed by atoms with E-state index in [4.69, 9.17) is 22.1 Å². The van der Waals surface area contributed by atoms with E-state index < -0.39 is 0 Å². The molecule has 1 aromatic rings. The van der Waals surface area contributed by atoms with Gasteiger partial charge in [0.15, 0.2) is 0 Å². The van der Waals surface area contributed by atoms with Crippen molar-refractivity contribution in [3.8, 4) is 5.75 Å². The van der Waals surface area contributed by atoms with Crippen molar-refractivity contribution < 1.29 is 9.53 Å². The lowest BCUT2D eigenvalue weighted by Gasteiger charge is -2.40. The van der Waals surface area contributed by atoms with Crippen LogP contribution in [0.2, 0.25) is 5.02 Å². The maximum Gasteiger partial charge on any atom is 0.224 e. The van der Waals surface area contributed by atoms with E-state index in [-0.39, 0.29) is 17.4 Å². The smallest absolute Gasteiger partial charge is 0.224 e. The van der Waals surface area contributed by atoms with Crippen LogP contribution in [0.5, 0.6) is 5.75 Å². The van der Waals surface area contributed by atoms with Gasteiger partial charge in [-0.25, -0.2) is 0 Å². The lowest BCUT2D eigenvalue weighted by Crippen LogP contribution is -2.40. The third-order valence-electron chi connectivity index (χ3n) is 3.96. The van der Waals surface area contributed by atoms with Crippen molar-refractivity contribution >= 4 is 23.2 Å². The third kappa shape index (κ3) is 4.11. The van der Waals surface area contributed by atoms with Crippen LogP contribution < -0.4 is 15.8 Å². The number of hydrogen-bond acceptors (Lipinski definition) is 3. The molecule has 0 aromatic heterocycles. The van der Waals surface area contributed by atoms with Crippen molar-refractivity contribution in [1.82, 2.24) is 0 Å². The van der Waals surface area contributed by atoms with Crippen molar-refractivity contribution in [1.29, 1.82) is 0 Å². The number of hydrogen-bond donors (Lipinski definition) is 2. The fourth-order valence-corrected chi connectivity index (χ4v) is 2.83. The van der Waals surface area contributed by atoms with Gasteiger partial charge in [-0.3, -0.25) is 4.79 Å². The average molecular weight is 311 g/mol. The molecule has 1 aliphatic rings. The van der Waals surface area contributed by atoms with Crippen LogP contribution in [0.1, 0.15) is 39.5 Å². The molecule has 116 valence electrons. The summed E-state index contributed by atoms with van der Waals surface area (Å²) >= 11 is 6.16. The molecule has 2 rings (SSSR count). The van der Waals surface area contributed by atoms with Gasteiger partial charge in [-0.15, -0.1) is 0 Å². The maximum absolute atomic E-state index is 12.1. The van der Waals surface area contributed by atoms with Crippen molar-refractivity contribution in [2.45, 2.75) is 45.6 Å². The summed E-state index contributed by atoms with van der Waals surface area (Å²) in [6.07, 6.45) is 3.78. The summed E-state index contributed by atoms with van der Waals surface area (Å²) in [7, 11) is 0. The molecule has 1 saturated carbocycles. The van der Waals surface area contributed by atoms with E-state index in [1.165, 1.54) is 0 Å². The molecule has 21 heavy (non-hydrogen) atoms. The summed E-state index contributed by atoms with van der Waals surface area (Å²) in [6.45, 7) is 4.45. The van der Waals surface area contributed by atoms with E-state index in [2.05, 4.69) is 5.32 Å². The Morgan fingerprint density at radius 2 is 2.19 bits per heavy atom. The van der Waals surface area contributed by atoms with Crippen LogP contribution in [0.15, 0.2) is 18.2 Å². The van der Waals surface area contributed by atoms with Gasteiger partial charge in [-0.2, -0.15) is 0 Å². The molecule has 0 aliphatic heterocycles. The van der Waals surface area contributed by atoms with Gasteiger partial charge >= 0.3 is 0 Å². The van der Waals surface area contributed by atoms with E-state index in [0.29, 0.717) is 29.4 Å². The number of anilines is 1. The first kappa shape index (κ1) is 16.1. The fraction of sp³-hybridized carbons (Fsp3) is 0.562. The lowest BCUT2D eigenvalue weighted by atomic mass is 9.66. The van der Waals surface area contributed by atoms with Gasteiger partial charge in [-0.05, 0) is 56.8 Å². The Hall–Kier alpha value is -1.26. The second-order valence-corrected chi connectivity index (χ2v) is 6.50. The molecule has 0 unspecified atom stereocenters. The number of ether oxygens (including phenoxy) is 1. The lowest BCUT2D eigenvalue weighted by molar-refractivity contribution is -0.119. The quantitative estimate of drug-likeness (QED) is 0.844. The SMILES string of the molecule is CC(C)Oc1ccc(NC(=O)CC2(CN)CCC2)cc1Cl. The second kappa shape index (κ2) is 6.67. The largest absolute Gasteiger partial charge is 0.489 e. The summed E-state index contributed by atoms with van der Waals surface area (Å²) in [5.41, 5.74) is 6.48. The molecule has 0 heterocycles. The van der Waals surface area contributed by atoms with Gasteiger partial charge in [-0.1, -0.05) is 18.0 Å². The molecule has 1 fully saturated rings. The van der Waals surface area contributed by atoms with Crippen LogP contribution >= 0.6 is 11.6 Å². The minimum Gasteiger partial charge on any atom is -0.489 e. The first-order valence-corrected chi connectivity index (χ1v) is 7.78. The second-order valence-electron chi connectivity index (χ2n) is 6.09. The molecule has 0 radical (unpaired) electrons. The molecule has 4 nitrogen and oxygen atoms in total. The van der Waals surface area contributed by atoms with Gasteiger partial charge in [0.2, 0.25) is 5.91 Å². The van der Waals surface area contributed by atoms with Crippen LogP contribution in [0.4, 0.5) is 5.69 Å². The molecular weight excluding hydrogens is 288 g/mol. The average Bonchev–Trinajstić information content (AvgIpc) is 2.37. The Morgan fingerprint density at radius 1 is 1.48 bits per heavy atom. The van der Waals surface area contributed by atoms with E-state index >= 15 is 0 Å². The van der Waals surface area contributed by atoms with E-state index in [9.17, 15) is 4.79 Å². The molecule has 3 N–H and O–H groups in total. The first-order valence-electron chi connectivity index (χ1n) is 7.40. The van der Waals surface area contributed by atoms with Crippen LogP contribution in [0.25, 0.3) is 0 Å².